The molecule has 332 valence electrons. The van der Waals surface area contributed by atoms with Crippen LogP contribution in [0.15, 0.2) is 63.1 Å². The number of alkyl halides is 6. The van der Waals surface area contributed by atoms with E-state index in [1.54, 1.807) is 0 Å². The van der Waals surface area contributed by atoms with Gasteiger partial charge in [-0.2, -0.15) is 0 Å². The minimum absolute atomic E-state index is 0.00673. The average molecular weight is 1010 g/mol. The van der Waals surface area contributed by atoms with Gasteiger partial charge in [0.05, 0.1) is 5.39 Å². The van der Waals surface area contributed by atoms with Crippen molar-refractivity contribution in [3.8, 4) is 17.2 Å². The van der Waals surface area contributed by atoms with Gasteiger partial charge >= 0.3 is 24.2 Å². The van der Waals surface area contributed by atoms with E-state index in [0.29, 0.717) is 6.26 Å². The van der Waals surface area contributed by atoms with Crippen molar-refractivity contribution in [2.24, 2.45) is 0 Å². The summed E-state index contributed by atoms with van der Waals surface area (Å²) >= 11 is 34.6. The van der Waals surface area contributed by atoms with Crippen LogP contribution in [0.25, 0.3) is 11.0 Å². The van der Waals surface area contributed by atoms with Gasteiger partial charge in [0.1, 0.15) is 60.1 Å². The highest BCUT2D eigenvalue weighted by Gasteiger charge is 2.67. The van der Waals surface area contributed by atoms with Crippen molar-refractivity contribution in [1.82, 2.24) is 15.5 Å². The van der Waals surface area contributed by atoms with Gasteiger partial charge in [-0.05, 0) is 23.8 Å². The molecule has 0 spiro atoms. The molecule has 3 aromatic rings. The number of hydrogen-bond donors (Lipinski definition) is 4. The number of phenolic OH excluding ortho intramolecular Hbond substituents is 1. The number of halogens is 6. The van der Waals surface area contributed by atoms with E-state index >= 15 is 0 Å². The fraction of sp³-hybridized carbons (Fsp3) is 0.314. The number of methoxy groups -OCH3 is 1. The Morgan fingerprint density at radius 2 is 1.52 bits per heavy atom. The van der Waals surface area contributed by atoms with Crippen LogP contribution in [0.3, 0.4) is 0 Å². The van der Waals surface area contributed by atoms with Crippen LogP contribution in [0.4, 0.5) is 9.59 Å². The molecule has 0 saturated carbocycles. The van der Waals surface area contributed by atoms with Gasteiger partial charge in [0.2, 0.25) is 18.9 Å². The zero-order valence-electron chi connectivity index (χ0n) is 31.2. The van der Waals surface area contributed by atoms with Crippen LogP contribution in [0, 0.1) is 0 Å². The number of carbonyl (C=O) groups is 7. The maximum atomic E-state index is 14.1. The fourth-order valence-corrected chi connectivity index (χ4v) is 7.39. The van der Waals surface area contributed by atoms with Gasteiger partial charge in [0.25, 0.3) is 17.5 Å². The zero-order valence-corrected chi connectivity index (χ0v) is 36.5. The molecule has 3 heterocycles. The molecule has 2 aliphatic heterocycles. The second kappa shape index (κ2) is 19.3. The topological polar surface area (TPSA) is 273 Å². The number of hydrogen-bond acceptors (Lipinski definition) is 17. The molecule has 5 rings (SSSR count). The molecule has 2 aliphatic rings. The van der Waals surface area contributed by atoms with Crippen molar-refractivity contribution in [3.05, 3.63) is 75.3 Å². The molecule has 1 fully saturated rings. The first-order valence-corrected chi connectivity index (χ1v) is 20.2. The first-order chi connectivity index (χ1) is 28.9. The molecule has 1 saturated heterocycles. The summed E-state index contributed by atoms with van der Waals surface area (Å²) in [6.45, 7) is -0.907. The van der Waals surface area contributed by atoms with Crippen LogP contribution >= 0.6 is 81.4 Å². The van der Waals surface area contributed by atoms with Crippen LogP contribution < -0.4 is 25.5 Å². The Labute approximate surface area is 381 Å². The highest BCUT2D eigenvalue weighted by atomic mass is 35.6. The number of thioether (sulfide) groups is 1. The Bertz CT molecular complexity index is 2420. The van der Waals surface area contributed by atoms with E-state index in [1.807, 2.05) is 0 Å². The Balaban J connectivity index is 1.47. The van der Waals surface area contributed by atoms with Crippen molar-refractivity contribution in [1.29, 1.82) is 0 Å². The molecule has 0 bridgehead atoms. The lowest BCUT2D eigenvalue weighted by Crippen LogP contribution is -2.81. The number of nitrogens with zero attached hydrogens (tertiary/aromatic N) is 1. The minimum atomic E-state index is -2.19. The molecule has 2 aromatic carbocycles. The summed E-state index contributed by atoms with van der Waals surface area (Å²) in [5.74, 6) is -7.21. The Kier molecular flexibility index (Phi) is 15.0. The number of β-lactam (4-membered cyclic amide) rings is 1. The Morgan fingerprint density at radius 1 is 0.935 bits per heavy atom. The van der Waals surface area contributed by atoms with Gasteiger partial charge in [0.15, 0.2) is 11.5 Å². The molecule has 20 nitrogen and oxygen atoms in total. The number of aliphatic carboxylic acids is 1. The van der Waals surface area contributed by atoms with Crippen LogP contribution in [-0.2, 0) is 38.1 Å². The number of benzene rings is 2. The second-order valence-electron chi connectivity index (χ2n) is 12.6. The van der Waals surface area contributed by atoms with E-state index in [0.717, 1.165) is 42.8 Å². The molecule has 62 heavy (non-hydrogen) atoms. The molecule has 1 aromatic heterocycles. The largest absolute Gasteiger partial charge is 0.514 e. The molecule has 3 amide bonds. The maximum absolute atomic E-state index is 14.1. The van der Waals surface area contributed by atoms with Crippen LogP contribution in [0.1, 0.15) is 28.9 Å². The number of amides is 3. The van der Waals surface area contributed by atoms with Crippen LogP contribution in [0.5, 0.6) is 17.2 Å². The first-order valence-electron chi connectivity index (χ1n) is 16.9. The van der Waals surface area contributed by atoms with Crippen LogP contribution in [-0.4, -0.2) is 108 Å². The monoisotopic (exact) mass is 1000 g/mol. The van der Waals surface area contributed by atoms with Gasteiger partial charge < -0.3 is 53.7 Å². The lowest BCUT2D eigenvalue weighted by atomic mass is 9.96. The average Bonchev–Trinajstić information content (AvgIpc) is 3.19. The predicted molar refractivity (Wildman–Crippen MR) is 218 cm³/mol. The summed E-state index contributed by atoms with van der Waals surface area (Å²) in [7, 11) is 1.07. The molecule has 27 heteroatoms. The van der Waals surface area contributed by atoms with Crippen molar-refractivity contribution in [2.75, 3.05) is 32.7 Å². The number of nitrogens with one attached hydrogen (secondary N) is 2. The molecule has 3 atom stereocenters. The van der Waals surface area contributed by atoms with Crippen molar-refractivity contribution >= 4 is 134 Å². The van der Waals surface area contributed by atoms with E-state index in [2.05, 4.69) is 10.6 Å². The Hall–Kier alpha value is -4.87. The standard InChI is InChI=1S/C35H27Cl6N3O17S/c1-14(45)56-9-16-11-62-30-35(55-2,29(52)44(30)24(16)28(50)51)43-27(49)23(15-3-5-17(46)6-4-15)42-26(48)19-10-57-20-8-22(61-32(54)59-13-34(39,40)41)21(7-18(20)25(19)47)60-31(53)58-12-33(36,37)38/h3-8,10,23,30,46H,9,11-13H2,1-2H3,(H,42,48)(H,43,49)(H,50,51)/t23?,30-,35-/m0/s1. The highest BCUT2D eigenvalue weighted by Crippen LogP contribution is 2.47. The maximum Gasteiger partial charge on any atom is 0.514 e. The minimum Gasteiger partial charge on any atom is -0.508 e. The summed E-state index contributed by atoms with van der Waals surface area (Å²) in [5, 5.41) is 23.1. The molecule has 4 N–H and O–H groups in total. The van der Waals surface area contributed by atoms with Gasteiger partial charge in [0, 0.05) is 31.4 Å². The van der Waals surface area contributed by atoms with E-state index in [9.17, 15) is 48.6 Å². The van der Waals surface area contributed by atoms with E-state index < -0.39 is 120 Å². The number of carbonyl (C=O) groups excluding carboxylic acids is 6. The number of rotatable bonds is 13. The SMILES string of the molecule is CO[C@@]1(NC(=O)C(NC(=O)c2coc3cc(OC(=O)OCC(Cl)(Cl)Cl)c(OC(=O)OCC(Cl)(Cl)Cl)cc3c2=O)c2ccc(O)cc2)C(=O)N2C(C(=O)O)=C(COC(C)=O)CS[C@H]21. The van der Waals surface area contributed by atoms with Gasteiger partial charge in [-0.25, -0.2) is 14.4 Å². The third-order valence-electron chi connectivity index (χ3n) is 8.33. The molecule has 0 aliphatic carbocycles. The third kappa shape index (κ3) is 11.2. The summed E-state index contributed by atoms with van der Waals surface area (Å²) in [5.41, 5.74) is -4.79. The third-order valence-corrected chi connectivity index (χ3v) is 10.4. The quantitative estimate of drug-likeness (QED) is 0.0437. The summed E-state index contributed by atoms with van der Waals surface area (Å²) in [4.78, 5) is 105. The molecular formula is C35H27Cl6N3O17S. The number of fused-ring (bicyclic) bond motifs is 2. The summed E-state index contributed by atoms with van der Waals surface area (Å²) < 4.78 is 31.4. The van der Waals surface area contributed by atoms with Crippen LogP contribution in [0.2, 0.25) is 0 Å². The number of aromatic hydroxyl groups is 1. The van der Waals surface area contributed by atoms with Crippen molar-refractivity contribution < 1.29 is 76.6 Å². The number of ether oxygens (including phenoxy) is 6. The lowest BCUT2D eigenvalue weighted by Gasteiger charge is -2.56. The highest BCUT2D eigenvalue weighted by molar-refractivity contribution is 8.00. The number of carboxylic acids is 1. The predicted octanol–water partition coefficient (Wildman–Crippen LogP) is 5.02. The summed E-state index contributed by atoms with van der Waals surface area (Å²) in [6.07, 6.45) is -2.33. The number of phenols is 1. The number of esters is 1. The van der Waals surface area contributed by atoms with Crippen molar-refractivity contribution in [3.63, 3.8) is 0 Å². The smallest absolute Gasteiger partial charge is 0.508 e. The van der Waals surface area contributed by atoms with Gasteiger partial charge in [-0.3, -0.25) is 28.9 Å². The summed E-state index contributed by atoms with van der Waals surface area (Å²) in [6, 6.07) is 4.77. The van der Waals surface area contributed by atoms with E-state index in [4.69, 9.17) is 102 Å². The van der Waals surface area contributed by atoms with E-state index in [1.165, 1.54) is 24.3 Å². The number of carboxylic acid groups (broad SMARTS) is 1. The Morgan fingerprint density at radius 3 is 2.05 bits per heavy atom. The molecular weight excluding hydrogens is 979 g/mol. The van der Waals surface area contributed by atoms with Gasteiger partial charge in [-0.15, -0.1) is 11.8 Å². The fourth-order valence-electron chi connectivity index (χ4n) is 5.65. The van der Waals surface area contributed by atoms with Gasteiger partial charge in [-0.1, -0.05) is 81.7 Å². The second-order valence-corrected chi connectivity index (χ2v) is 18.7. The van der Waals surface area contributed by atoms with Crippen molar-refractivity contribution in [2.45, 2.75) is 31.6 Å². The lowest BCUT2D eigenvalue weighted by molar-refractivity contribution is -0.193. The normalized spacial score (nSPS) is 17.8. The zero-order chi connectivity index (χ0) is 45.9. The molecule has 0 radical (unpaired) electrons. The first kappa shape index (κ1) is 48.2. The molecule has 1 unspecified atom stereocenters. The van der Waals surface area contributed by atoms with E-state index in [-0.39, 0.29) is 28.2 Å².